The molecule has 0 saturated heterocycles. The number of nitrogens with one attached hydrogen (secondary N) is 1. The molecule has 0 unspecified atom stereocenters. The van der Waals surface area contributed by atoms with E-state index in [2.05, 4.69) is 10.1 Å². The third-order valence-electron chi connectivity index (χ3n) is 3.69. The van der Waals surface area contributed by atoms with Crippen molar-refractivity contribution >= 4 is 17.6 Å². The molecule has 0 spiro atoms. The van der Waals surface area contributed by atoms with Crippen LogP contribution < -0.4 is 5.32 Å². The number of rotatable bonds is 7. The van der Waals surface area contributed by atoms with Crippen LogP contribution in [0.1, 0.15) is 11.1 Å². The van der Waals surface area contributed by atoms with Crippen LogP contribution in [0, 0.1) is 15.9 Å². The molecule has 1 atom stereocenters. The minimum Gasteiger partial charge on any atom is -0.467 e. The number of benzene rings is 2. The fourth-order valence-corrected chi connectivity index (χ4v) is 2.43. The maximum atomic E-state index is 13.8. The van der Waals surface area contributed by atoms with E-state index in [1.165, 1.54) is 43.5 Å². The lowest BCUT2D eigenvalue weighted by molar-refractivity contribution is -0.384. The Kier molecular flexibility index (Phi) is 6.37. The lowest BCUT2D eigenvalue weighted by Gasteiger charge is -2.17. The van der Waals surface area contributed by atoms with Crippen LogP contribution in [0.25, 0.3) is 0 Å². The van der Waals surface area contributed by atoms with Crippen molar-refractivity contribution in [2.75, 3.05) is 7.11 Å². The SMILES string of the molecule is COC(=O)[C@H](Cc1ccccc1F)NC(=O)Cc1cccc([N+](=O)[O-])c1. The minimum absolute atomic E-state index is 0.0694. The van der Waals surface area contributed by atoms with E-state index in [1.54, 1.807) is 12.1 Å². The van der Waals surface area contributed by atoms with Crippen LogP contribution in [0.15, 0.2) is 48.5 Å². The molecule has 0 bridgehead atoms. The number of non-ortho nitro benzene ring substituents is 1. The second-order valence-corrected chi connectivity index (χ2v) is 5.54. The number of methoxy groups -OCH3 is 1. The van der Waals surface area contributed by atoms with E-state index >= 15 is 0 Å². The molecule has 1 amide bonds. The second kappa shape index (κ2) is 8.70. The van der Waals surface area contributed by atoms with Gasteiger partial charge in [-0.15, -0.1) is 0 Å². The zero-order valence-electron chi connectivity index (χ0n) is 14.0. The van der Waals surface area contributed by atoms with E-state index < -0.39 is 28.7 Å². The number of ether oxygens (including phenoxy) is 1. The Morgan fingerprint density at radius 2 is 1.96 bits per heavy atom. The molecule has 0 heterocycles. The Morgan fingerprint density at radius 1 is 1.23 bits per heavy atom. The van der Waals surface area contributed by atoms with Gasteiger partial charge >= 0.3 is 5.97 Å². The van der Waals surface area contributed by atoms with Crippen molar-refractivity contribution in [3.63, 3.8) is 0 Å². The van der Waals surface area contributed by atoms with Crippen molar-refractivity contribution in [1.82, 2.24) is 5.32 Å². The molecule has 2 rings (SSSR count). The molecule has 1 N–H and O–H groups in total. The van der Waals surface area contributed by atoms with Crippen molar-refractivity contribution < 1.29 is 23.6 Å². The van der Waals surface area contributed by atoms with Gasteiger partial charge < -0.3 is 10.1 Å². The van der Waals surface area contributed by atoms with Crippen molar-refractivity contribution in [1.29, 1.82) is 0 Å². The van der Waals surface area contributed by atoms with Crippen molar-refractivity contribution in [3.05, 3.63) is 75.6 Å². The molecule has 0 aliphatic heterocycles. The summed E-state index contributed by atoms with van der Waals surface area (Å²) < 4.78 is 18.5. The molecule has 136 valence electrons. The summed E-state index contributed by atoms with van der Waals surface area (Å²) in [4.78, 5) is 34.4. The summed E-state index contributed by atoms with van der Waals surface area (Å²) in [5.74, 6) is -1.73. The van der Waals surface area contributed by atoms with Crippen LogP contribution >= 0.6 is 0 Å². The summed E-state index contributed by atoms with van der Waals surface area (Å²) in [7, 11) is 1.17. The van der Waals surface area contributed by atoms with Gasteiger partial charge in [0, 0.05) is 18.6 Å². The molecular formula is C18H17FN2O5. The van der Waals surface area contributed by atoms with E-state index in [9.17, 15) is 24.1 Å². The predicted molar refractivity (Wildman–Crippen MR) is 90.9 cm³/mol. The molecule has 2 aromatic carbocycles. The number of nitrogens with zero attached hydrogens (tertiary/aromatic N) is 1. The van der Waals surface area contributed by atoms with Gasteiger partial charge in [-0.2, -0.15) is 0 Å². The number of hydrogen-bond acceptors (Lipinski definition) is 5. The minimum atomic E-state index is -1.07. The van der Waals surface area contributed by atoms with Gasteiger partial charge in [0.15, 0.2) is 0 Å². The topological polar surface area (TPSA) is 98.5 Å². The first-order valence-corrected chi connectivity index (χ1v) is 7.74. The fraction of sp³-hybridized carbons (Fsp3) is 0.222. The van der Waals surface area contributed by atoms with E-state index in [0.717, 1.165) is 0 Å². The van der Waals surface area contributed by atoms with Crippen LogP contribution in [0.4, 0.5) is 10.1 Å². The molecule has 0 aromatic heterocycles. The van der Waals surface area contributed by atoms with Gasteiger partial charge in [0.25, 0.3) is 5.69 Å². The monoisotopic (exact) mass is 360 g/mol. The lowest BCUT2D eigenvalue weighted by atomic mass is 10.0. The summed E-state index contributed by atoms with van der Waals surface area (Å²) in [6.07, 6.45) is -0.230. The maximum Gasteiger partial charge on any atom is 0.328 e. The summed E-state index contributed by atoms with van der Waals surface area (Å²) in [5, 5.41) is 13.3. The number of halogens is 1. The average Bonchev–Trinajstić information content (AvgIpc) is 2.62. The first-order chi connectivity index (χ1) is 12.4. The Labute approximate surface area is 148 Å². The predicted octanol–water partition coefficient (Wildman–Crippen LogP) is 2.18. The van der Waals surface area contributed by atoms with Gasteiger partial charge in [-0.3, -0.25) is 14.9 Å². The van der Waals surface area contributed by atoms with Crippen LogP contribution in [0.2, 0.25) is 0 Å². The van der Waals surface area contributed by atoms with Gasteiger partial charge in [0.1, 0.15) is 11.9 Å². The molecule has 8 heteroatoms. The van der Waals surface area contributed by atoms with Crippen LogP contribution in [-0.4, -0.2) is 30.0 Å². The number of carbonyl (C=O) groups excluding carboxylic acids is 2. The summed E-state index contributed by atoms with van der Waals surface area (Å²) in [6.45, 7) is 0. The third-order valence-corrected chi connectivity index (χ3v) is 3.69. The highest BCUT2D eigenvalue weighted by Crippen LogP contribution is 2.14. The molecule has 0 radical (unpaired) electrons. The molecule has 0 saturated carbocycles. The van der Waals surface area contributed by atoms with Crippen molar-refractivity contribution in [2.45, 2.75) is 18.9 Å². The first kappa shape index (κ1) is 19.0. The Balaban J connectivity index is 2.09. The van der Waals surface area contributed by atoms with Gasteiger partial charge in [-0.1, -0.05) is 30.3 Å². The second-order valence-electron chi connectivity index (χ2n) is 5.54. The fourth-order valence-electron chi connectivity index (χ4n) is 2.43. The number of hydrogen-bond donors (Lipinski definition) is 1. The molecule has 26 heavy (non-hydrogen) atoms. The third kappa shape index (κ3) is 5.10. The summed E-state index contributed by atoms with van der Waals surface area (Å²) in [6, 6.07) is 10.5. The normalized spacial score (nSPS) is 11.5. The Bertz CT molecular complexity index is 825. The van der Waals surface area contributed by atoms with Gasteiger partial charge in [-0.25, -0.2) is 9.18 Å². The van der Waals surface area contributed by atoms with Crippen LogP contribution in [-0.2, 0) is 27.2 Å². The zero-order chi connectivity index (χ0) is 19.1. The molecule has 0 aliphatic carbocycles. The highest BCUT2D eigenvalue weighted by molar-refractivity contribution is 5.85. The Morgan fingerprint density at radius 3 is 2.62 bits per heavy atom. The molecule has 7 nitrogen and oxygen atoms in total. The molecule has 2 aromatic rings. The zero-order valence-corrected chi connectivity index (χ0v) is 14.0. The molecule has 0 aliphatic rings. The highest BCUT2D eigenvalue weighted by Gasteiger charge is 2.23. The van der Waals surface area contributed by atoms with E-state index in [1.807, 2.05) is 0 Å². The first-order valence-electron chi connectivity index (χ1n) is 7.74. The van der Waals surface area contributed by atoms with E-state index in [4.69, 9.17) is 0 Å². The number of nitro groups is 1. The van der Waals surface area contributed by atoms with Gasteiger partial charge in [0.2, 0.25) is 5.91 Å². The number of esters is 1. The summed E-state index contributed by atoms with van der Waals surface area (Å²) in [5.41, 5.74) is 0.552. The highest BCUT2D eigenvalue weighted by atomic mass is 19.1. The van der Waals surface area contributed by atoms with E-state index in [0.29, 0.717) is 5.56 Å². The Hall–Kier alpha value is -3.29. The lowest BCUT2D eigenvalue weighted by Crippen LogP contribution is -2.43. The average molecular weight is 360 g/mol. The smallest absolute Gasteiger partial charge is 0.328 e. The van der Waals surface area contributed by atoms with Crippen LogP contribution in [0.5, 0.6) is 0 Å². The number of nitro benzene ring substituents is 1. The standard InChI is InChI=1S/C18H17FN2O5/c1-26-18(23)16(11-13-6-2-3-8-15(13)19)20-17(22)10-12-5-4-7-14(9-12)21(24)25/h2-9,16H,10-11H2,1H3,(H,20,22)/t16-/m0/s1. The van der Waals surface area contributed by atoms with Gasteiger partial charge in [-0.05, 0) is 17.2 Å². The quantitative estimate of drug-likeness (QED) is 0.464. The van der Waals surface area contributed by atoms with E-state index in [-0.39, 0.29) is 24.1 Å². The van der Waals surface area contributed by atoms with Crippen molar-refractivity contribution in [2.24, 2.45) is 0 Å². The number of carbonyl (C=O) groups is 2. The molecule has 0 fully saturated rings. The van der Waals surface area contributed by atoms with Crippen LogP contribution in [0.3, 0.4) is 0 Å². The summed E-state index contributed by atoms with van der Waals surface area (Å²) >= 11 is 0. The maximum absolute atomic E-state index is 13.8. The van der Waals surface area contributed by atoms with Gasteiger partial charge in [0.05, 0.1) is 18.5 Å². The molecular weight excluding hydrogens is 343 g/mol. The number of amides is 1. The van der Waals surface area contributed by atoms with Crippen molar-refractivity contribution in [3.8, 4) is 0 Å². The largest absolute Gasteiger partial charge is 0.467 e.